The molecule has 1 N–H and O–H groups in total. The Hall–Kier alpha value is -0.350. The van der Waals surface area contributed by atoms with E-state index in [1.54, 1.807) is 0 Å². The van der Waals surface area contributed by atoms with E-state index < -0.39 is 0 Å². The van der Waals surface area contributed by atoms with Crippen LogP contribution in [0.25, 0.3) is 0 Å². The van der Waals surface area contributed by atoms with Crippen molar-refractivity contribution in [1.29, 1.82) is 0 Å². The number of carbonyl (C=O) groups is 1. The van der Waals surface area contributed by atoms with E-state index in [2.05, 4.69) is 37.2 Å². The van der Waals surface area contributed by atoms with Crippen molar-refractivity contribution in [2.75, 3.05) is 5.33 Å². The van der Waals surface area contributed by atoms with Gasteiger partial charge in [0.25, 0.3) is 5.91 Å². The molecule has 0 saturated heterocycles. The molecule has 2 nitrogen and oxygen atoms in total. The van der Waals surface area contributed by atoms with Crippen LogP contribution >= 0.6 is 31.9 Å². The molecule has 1 rings (SSSR count). The van der Waals surface area contributed by atoms with E-state index >= 15 is 0 Å². The number of amides is 1. The smallest absolute Gasteiger partial charge is 0.251 e. The summed E-state index contributed by atoms with van der Waals surface area (Å²) < 4.78 is 1.03. The molecule has 0 radical (unpaired) electrons. The van der Waals surface area contributed by atoms with Crippen molar-refractivity contribution >= 4 is 37.8 Å². The minimum Gasteiger partial charge on any atom is -0.350 e. The molecule has 0 aliphatic rings. The number of hydrogen-bond acceptors (Lipinski definition) is 1. The third-order valence-electron chi connectivity index (χ3n) is 2.57. The Morgan fingerprint density at radius 3 is 2.76 bits per heavy atom. The topological polar surface area (TPSA) is 29.1 Å². The van der Waals surface area contributed by atoms with Crippen LogP contribution in [-0.4, -0.2) is 17.3 Å². The Bertz CT molecular complexity index is 393. The molecule has 0 heterocycles. The fraction of sp³-hybridized carbons (Fsp3) is 0.462. The highest BCUT2D eigenvalue weighted by molar-refractivity contribution is 9.10. The summed E-state index contributed by atoms with van der Waals surface area (Å²) in [7, 11) is 0. The molecule has 0 aromatic heterocycles. The number of carbonyl (C=O) groups excluding carboxylic acids is 1. The molecular weight excluding hydrogens is 346 g/mol. The van der Waals surface area contributed by atoms with E-state index in [-0.39, 0.29) is 11.9 Å². The Morgan fingerprint density at radius 1 is 1.47 bits per heavy atom. The van der Waals surface area contributed by atoms with Crippen molar-refractivity contribution < 1.29 is 4.79 Å². The standard InChI is InChI=1S/C13H17Br2NO/c1-9-8-11(5-6-12(9)15)13(17)16-10(2)4-3-7-14/h5-6,8,10H,3-4,7H2,1-2H3,(H,16,17). The van der Waals surface area contributed by atoms with Crippen LogP contribution in [0.15, 0.2) is 22.7 Å². The van der Waals surface area contributed by atoms with E-state index in [4.69, 9.17) is 0 Å². The summed E-state index contributed by atoms with van der Waals surface area (Å²) in [6.45, 7) is 4.02. The van der Waals surface area contributed by atoms with Crippen LogP contribution in [0.1, 0.15) is 35.7 Å². The molecule has 1 amide bonds. The predicted octanol–water partition coefficient (Wildman–Crippen LogP) is 4.05. The van der Waals surface area contributed by atoms with Gasteiger partial charge in [0.2, 0.25) is 0 Å². The van der Waals surface area contributed by atoms with Gasteiger partial charge in [-0.25, -0.2) is 0 Å². The van der Waals surface area contributed by atoms with Crippen molar-refractivity contribution in [2.45, 2.75) is 32.7 Å². The molecule has 1 aromatic rings. The molecule has 94 valence electrons. The summed E-state index contributed by atoms with van der Waals surface area (Å²) in [6.07, 6.45) is 2.06. The quantitative estimate of drug-likeness (QED) is 0.786. The van der Waals surface area contributed by atoms with Crippen LogP contribution in [0.4, 0.5) is 0 Å². The first kappa shape index (κ1) is 14.7. The van der Waals surface area contributed by atoms with E-state index in [1.807, 2.05) is 32.0 Å². The number of nitrogens with one attached hydrogen (secondary N) is 1. The molecule has 1 aromatic carbocycles. The summed E-state index contributed by atoms with van der Waals surface area (Å²) in [6, 6.07) is 5.86. The minimum atomic E-state index is 0.00247. The van der Waals surface area contributed by atoms with Gasteiger partial charge < -0.3 is 5.32 Å². The second-order valence-corrected chi connectivity index (χ2v) is 5.82. The Kier molecular flexibility index (Phi) is 6.20. The second-order valence-electron chi connectivity index (χ2n) is 4.17. The Morgan fingerprint density at radius 2 is 2.18 bits per heavy atom. The maximum absolute atomic E-state index is 11.9. The Labute approximate surface area is 119 Å². The Balaban J connectivity index is 2.60. The molecule has 17 heavy (non-hydrogen) atoms. The number of hydrogen-bond donors (Lipinski definition) is 1. The zero-order valence-electron chi connectivity index (χ0n) is 10.1. The fourth-order valence-electron chi connectivity index (χ4n) is 1.55. The normalized spacial score (nSPS) is 12.2. The van der Waals surface area contributed by atoms with Gasteiger partial charge in [-0.3, -0.25) is 4.79 Å². The van der Waals surface area contributed by atoms with Gasteiger partial charge >= 0.3 is 0 Å². The molecule has 0 spiro atoms. The largest absolute Gasteiger partial charge is 0.350 e. The van der Waals surface area contributed by atoms with Gasteiger partial charge in [-0.05, 0) is 50.5 Å². The maximum atomic E-state index is 11.9. The molecule has 1 unspecified atom stereocenters. The van der Waals surface area contributed by atoms with E-state index in [9.17, 15) is 4.79 Å². The van der Waals surface area contributed by atoms with Crippen molar-refractivity contribution in [2.24, 2.45) is 0 Å². The predicted molar refractivity (Wildman–Crippen MR) is 78.8 cm³/mol. The number of aryl methyl sites for hydroxylation is 1. The van der Waals surface area contributed by atoms with E-state index in [1.165, 1.54) is 0 Å². The summed E-state index contributed by atoms with van der Waals surface area (Å²) in [4.78, 5) is 11.9. The van der Waals surface area contributed by atoms with Gasteiger partial charge in [0.1, 0.15) is 0 Å². The third kappa shape index (κ3) is 4.80. The van der Waals surface area contributed by atoms with Gasteiger partial charge in [0.05, 0.1) is 0 Å². The first-order chi connectivity index (χ1) is 8.04. The van der Waals surface area contributed by atoms with Gasteiger partial charge in [-0.2, -0.15) is 0 Å². The minimum absolute atomic E-state index is 0.00247. The van der Waals surface area contributed by atoms with Gasteiger partial charge in [-0.1, -0.05) is 31.9 Å². The first-order valence-electron chi connectivity index (χ1n) is 5.67. The number of benzene rings is 1. The fourth-order valence-corrected chi connectivity index (χ4v) is 2.12. The SMILES string of the molecule is Cc1cc(C(=O)NC(C)CCCBr)ccc1Br. The van der Waals surface area contributed by atoms with Crippen LogP contribution in [0.2, 0.25) is 0 Å². The average molecular weight is 363 g/mol. The average Bonchev–Trinajstić information content (AvgIpc) is 2.30. The summed E-state index contributed by atoms with van der Waals surface area (Å²) in [5.74, 6) is 0.00247. The number of halogens is 2. The second kappa shape index (κ2) is 7.17. The summed E-state index contributed by atoms with van der Waals surface area (Å²) in [5, 5.41) is 3.98. The van der Waals surface area contributed by atoms with Crippen molar-refractivity contribution in [3.63, 3.8) is 0 Å². The monoisotopic (exact) mass is 361 g/mol. The third-order valence-corrected chi connectivity index (χ3v) is 4.02. The van der Waals surface area contributed by atoms with Crippen molar-refractivity contribution in [3.05, 3.63) is 33.8 Å². The zero-order valence-corrected chi connectivity index (χ0v) is 13.3. The maximum Gasteiger partial charge on any atom is 0.251 e. The lowest BCUT2D eigenvalue weighted by atomic mass is 10.1. The van der Waals surface area contributed by atoms with Gasteiger partial charge in [-0.15, -0.1) is 0 Å². The van der Waals surface area contributed by atoms with Crippen LogP contribution in [0.5, 0.6) is 0 Å². The van der Waals surface area contributed by atoms with E-state index in [0.29, 0.717) is 0 Å². The molecule has 1 atom stereocenters. The lowest BCUT2D eigenvalue weighted by Crippen LogP contribution is -2.32. The highest BCUT2D eigenvalue weighted by atomic mass is 79.9. The lowest BCUT2D eigenvalue weighted by Gasteiger charge is -2.13. The molecule has 0 bridgehead atoms. The van der Waals surface area contributed by atoms with Crippen LogP contribution in [0.3, 0.4) is 0 Å². The highest BCUT2D eigenvalue weighted by Crippen LogP contribution is 2.17. The number of alkyl halides is 1. The van der Waals surface area contributed by atoms with Gasteiger partial charge in [0, 0.05) is 21.4 Å². The van der Waals surface area contributed by atoms with Crippen molar-refractivity contribution in [1.82, 2.24) is 5.32 Å². The molecule has 0 saturated carbocycles. The first-order valence-corrected chi connectivity index (χ1v) is 7.59. The highest BCUT2D eigenvalue weighted by Gasteiger charge is 2.10. The molecule has 0 aliphatic heterocycles. The molecule has 0 fully saturated rings. The molecular formula is C13H17Br2NO. The number of rotatable bonds is 5. The van der Waals surface area contributed by atoms with Crippen LogP contribution in [0, 0.1) is 6.92 Å². The van der Waals surface area contributed by atoms with Gasteiger partial charge in [0.15, 0.2) is 0 Å². The molecule has 4 heteroatoms. The van der Waals surface area contributed by atoms with E-state index in [0.717, 1.165) is 33.8 Å². The lowest BCUT2D eigenvalue weighted by molar-refractivity contribution is 0.0938. The zero-order chi connectivity index (χ0) is 12.8. The summed E-state index contributed by atoms with van der Waals surface area (Å²) >= 11 is 6.82. The van der Waals surface area contributed by atoms with Crippen LogP contribution in [-0.2, 0) is 0 Å². The summed E-state index contributed by atoms with van der Waals surface area (Å²) in [5.41, 5.74) is 1.79. The molecule has 0 aliphatic carbocycles. The van der Waals surface area contributed by atoms with Crippen LogP contribution < -0.4 is 5.32 Å². The van der Waals surface area contributed by atoms with Crippen molar-refractivity contribution in [3.8, 4) is 0 Å².